The fraction of sp³-hybridized carbons (Fsp3) is 0.586. The number of hydrogen-bond acceptors (Lipinski definition) is 4. The molecule has 2 aromatic rings. The van der Waals surface area contributed by atoms with Crippen molar-refractivity contribution >= 4 is 11.4 Å². The number of ether oxygens (including phenoxy) is 1. The van der Waals surface area contributed by atoms with Gasteiger partial charge < -0.3 is 14.8 Å². The van der Waals surface area contributed by atoms with Crippen LogP contribution in [0.15, 0.2) is 30.5 Å². The number of carbonyl (C=O) groups is 1. The zero-order chi connectivity index (χ0) is 24.4. The van der Waals surface area contributed by atoms with E-state index >= 15 is 0 Å². The molecule has 1 aliphatic carbocycles. The van der Waals surface area contributed by atoms with E-state index in [9.17, 15) is 9.90 Å². The number of benzene rings is 1. The van der Waals surface area contributed by atoms with Crippen molar-refractivity contribution in [3.05, 3.63) is 58.7 Å². The maximum Gasteiger partial charge on any atom is 0.202 e. The quantitative estimate of drug-likeness (QED) is 0.531. The number of imidazole rings is 1. The fourth-order valence-corrected chi connectivity index (χ4v) is 6.43. The van der Waals surface area contributed by atoms with Crippen molar-refractivity contribution in [2.24, 2.45) is 5.41 Å². The van der Waals surface area contributed by atoms with Crippen LogP contribution in [0.25, 0.3) is 5.57 Å². The molecule has 182 valence electrons. The monoisotopic (exact) mass is 462 g/mol. The van der Waals surface area contributed by atoms with Crippen molar-refractivity contribution in [1.29, 1.82) is 0 Å². The number of aliphatic hydroxyl groups is 1. The topological polar surface area (TPSA) is 75.2 Å². The molecule has 5 heteroatoms. The largest absolute Gasteiger partial charge is 0.385 e. The van der Waals surface area contributed by atoms with E-state index in [1.807, 2.05) is 13.0 Å². The molecule has 1 aromatic carbocycles. The highest BCUT2D eigenvalue weighted by molar-refractivity contribution is 5.95. The number of nitrogens with zero attached hydrogens (tertiary/aromatic N) is 1. The summed E-state index contributed by atoms with van der Waals surface area (Å²) in [6.07, 6.45) is 10.6. The van der Waals surface area contributed by atoms with E-state index < -0.39 is 5.60 Å². The minimum Gasteiger partial charge on any atom is -0.385 e. The minimum absolute atomic E-state index is 0.0123. The Labute approximate surface area is 203 Å². The Morgan fingerprint density at radius 2 is 1.82 bits per heavy atom. The Morgan fingerprint density at radius 3 is 2.41 bits per heavy atom. The van der Waals surface area contributed by atoms with E-state index in [2.05, 4.69) is 55.9 Å². The number of aromatic amines is 1. The van der Waals surface area contributed by atoms with Crippen LogP contribution in [-0.2, 0) is 16.8 Å². The Hall–Kier alpha value is -2.24. The molecule has 2 unspecified atom stereocenters. The lowest BCUT2D eigenvalue weighted by molar-refractivity contribution is -0.197. The predicted octanol–water partition coefficient (Wildman–Crippen LogP) is 6.05. The number of fused-ring (bicyclic) bond motifs is 2. The van der Waals surface area contributed by atoms with Gasteiger partial charge >= 0.3 is 0 Å². The van der Waals surface area contributed by atoms with Gasteiger partial charge in [0.2, 0.25) is 5.78 Å². The molecular formula is C29H38N2O3. The minimum atomic E-state index is -0.928. The van der Waals surface area contributed by atoms with Crippen molar-refractivity contribution < 1.29 is 14.6 Å². The number of ketones is 1. The van der Waals surface area contributed by atoms with Crippen LogP contribution < -0.4 is 0 Å². The summed E-state index contributed by atoms with van der Waals surface area (Å²) >= 11 is 0. The van der Waals surface area contributed by atoms with Gasteiger partial charge in [0.15, 0.2) is 5.82 Å². The number of Topliss-reactive ketones (excluding diaryl/α,β-unsaturated/α-hetero) is 1. The number of carbonyl (C=O) groups excluding carboxylic acids is 1. The Kier molecular flexibility index (Phi) is 5.45. The normalized spacial score (nSPS) is 32.5. The Balaban J connectivity index is 1.53. The lowest BCUT2D eigenvalue weighted by Crippen LogP contribution is -2.49. The van der Waals surface area contributed by atoms with Gasteiger partial charge in [0.05, 0.1) is 16.8 Å². The molecule has 5 nitrogen and oxygen atoms in total. The molecule has 0 spiro atoms. The van der Waals surface area contributed by atoms with Gasteiger partial charge in [-0.1, -0.05) is 32.1 Å². The standard InChI is InChI=1S/C29H38N2O3/c1-19-16-30-25(31-19)24(32)14-21-6-7-22(15-23(21)20-8-10-26(2,3)11-9-20)29(33)17-27(4)12-13-28(5,18-29)34-27/h6-8,15-16,33H,9-14,17-18H2,1-5H3,(H,30,31). The number of nitrogens with one attached hydrogen (secondary N) is 1. The van der Waals surface area contributed by atoms with Crippen LogP contribution in [0.3, 0.4) is 0 Å². The molecule has 3 heterocycles. The van der Waals surface area contributed by atoms with Crippen molar-refractivity contribution in [3.63, 3.8) is 0 Å². The van der Waals surface area contributed by atoms with Crippen molar-refractivity contribution in [3.8, 4) is 0 Å². The first-order chi connectivity index (χ1) is 15.9. The number of rotatable bonds is 5. The van der Waals surface area contributed by atoms with Crippen LogP contribution in [0.5, 0.6) is 0 Å². The van der Waals surface area contributed by atoms with Gasteiger partial charge in [-0.05, 0) is 86.6 Å². The summed E-state index contributed by atoms with van der Waals surface area (Å²) in [5, 5.41) is 11.9. The molecular weight excluding hydrogens is 424 g/mol. The lowest BCUT2D eigenvalue weighted by atomic mass is 9.73. The van der Waals surface area contributed by atoms with E-state index in [4.69, 9.17) is 4.74 Å². The highest BCUT2D eigenvalue weighted by Gasteiger charge is 2.56. The molecule has 0 radical (unpaired) electrons. The number of H-pyrrole nitrogens is 1. The Morgan fingerprint density at radius 1 is 1.12 bits per heavy atom. The number of aryl methyl sites for hydroxylation is 1. The third kappa shape index (κ3) is 4.40. The molecule has 0 amide bonds. The first-order valence-electron chi connectivity index (χ1n) is 12.7. The molecule has 3 aliphatic rings. The van der Waals surface area contributed by atoms with E-state index in [-0.39, 0.29) is 17.0 Å². The van der Waals surface area contributed by atoms with Gasteiger partial charge in [-0.2, -0.15) is 0 Å². The maximum atomic E-state index is 13.0. The van der Waals surface area contributed by atoms with Crippen LogP contribution >= 0.6 is 0 Å². The fourth-order valence-electron chi connectivity index (χ4n) is 6.43. The smallest absolute Gasteiger partial charge is 0.202 e. The first kappa shape index (κ1) is 23.5. The summed E-state index contributed by atoms with van der Waals surface area (Å²) < 4.78 is 6.36. The van der Waals surface area contributed by atoms with E-state index in [0.29, 0.717) is 30.5 Å². The number of hydrogen-bond donors (Lipinski definition) is 2. The number of aromatic nitrogens is 2. The summed E-state index contributed by atoms with van der Waals surface area (Å²) in [5.41, 5.74) is 4.01. The van der Waals surface area contributed by atoms with Crippen LogP contribution in [0.4, 0.5) is 0 Å². The summed E-state index contributed by atoms with van der Waals surface area (Å²) in [6.45, 7) is 10.8. The molecule has 2 bridgehead atoms. The summed E-state index contributed by atoms with van der Waals surface area (Å²) in [5.74, 6) is 0.397. The van der Waals surface area contributed by atoms with Crippen LogP contribution in [0.1, 0.15) is 106 Å². The highest BCUT2D eigenvalue weighted by atomic mass is 16.5. The average molecular weight is 463 g/mol. The van der Waals surface area contributed by atoms with E-state index in [1.54, 1.807) is 6.20 Å². The molecule has 0 saturated carbocycles. The van der Waals surface area contributed by atoms with Gasteiger partial charge in [-0.3, -0.25) is 4.79 Å². The molecule has 2 N–H and O–H groups in total. The second-order valence-electron chi connectivity index (χ2n) is 12.4. The van der Waals surface area contributed by atoms with Crippen molar-refractivity contribution in [2.75, 3.05) is 0 Å². The molecule has 2 fully saturated rings. The summed E-state index contributed by atoms with van der Waals surface area (Å²) in [7, 11) is 0. The third-order valence-corrected chi connectivity index (χ3v) is 8.29. The molecule has 2 aliphatic heterocycles. The summed E-state index contributed by atoms with van der Waals surface area (Å²) in [4.78, 5) is 20.3. The molecule has 34 heavy (non-hydrogen) atoms. The average Bonchev–Trinajstić information content (AvgIpc) is 3.28. The van der Waals surface area contributed by atoms with Gasteiger partial charge in [0, 0.05) is 31.2 Å². The third-order valence-electron chi connectivity index (χ3n) is 8.29. The zero-order valence-electron chi connectivity index (χ0n) is 21.3. The molecule has 1 aromatic heterocycles. The molecule has 2 atom stereocenters. The van der Waals surface area contributed by atoms with Crippen LogP contribution in [0, 0.1) is 12.3 Å². The SMILES string of the molecule is Cc1cnc(C(=O)Cc2ccc(C3(O)CC4(C)CCC(C)(C3)O4)cc2C2=CCC(C)(C)CC2)[nH]1. The van der Waals surface area contributed by atoms with Gasteiger partial charge in [0.25, 0.3) is 0 Å². The molecule has 2 saturated heterocycles. The predicted molar refractivity (Wildman–Crippen MR) is 134 cm³/mol. The zero-order valence-corrected chi connectivity index (χ0v) is 21.3. The van der Waals surface area contributed by atoms with Gasteiger partial charge in [-0.25, -0.2) is 4.98 Å². The van der Waals surface area contributed by atoms with Crippen LogP contribution in [0.2, 0.25) is 0 Å². The van der Waals surface area contributed by atoms with E-state index in [0.717, 1.165) is 54.5 Å². The second kappa shape index (κ2) is 7.89. The van der Waals surface area contributed by atoms with Gasteiger partial charge in [-0.15, -0.1) is 0 Å². The van der Waals surface area contributed by atoms with Crippen LogP contribution in [-0.4, -0.2) is 32.1 Å². The molecule has 5 rings (SSSR count). The number of allylic oxidation sites excluding steroid dienone is 2. The second-order valence-corrected chi connectivity index (χ2v) is 12.4. The van der Waals surface area contributed by atoms with Gasteiger partial charge in [0.1, 0.15) is 0 Å². The maximum absolute atomic E-state index is 13.0. The summed E-state index contributed by atoms with van der Waals surface area (Å²) in [6, 6.07) is 6.25. The first-order valence-corrected chi connectivity index (χ1v) is 12.7. The highest BCUT2D eigenvalue weighted by Crippen LogP contribution is 2.55. The Bertz CT molecular complexity index is 1140. The van der Waals surface area contributed by atoms with Crippen molar-refractivity contribution in [2.45, 2.75) is 103 Å². The lowest BCUT2D eigenvalue weighted by Gasteiger charge is -2.46. The van der Waals surface area contributed by atoms with Crippen molar-refractivity contribution in [1.82, 2.24) is 9.97 Å². The van der Waals surface area contributed by atoms with E-state index in [1.165, 1.54) is 5.57 Å².